The molecule has 1 aliphatic carbocycles. The first-order valence-corrected chi connectivity index (χ1v) is 18.4. The number of likely N-dealkylation sites (N-methyl/N-ethyl adjacent to an activating group) is 1. The van der Waals surface area contributed by atoms with E-state index in [1.54, 1.807) is 14.1 Å². The van der Waals surface area contributed by atoms with E-state index in [1.807, 2.05) is 4.68 Å². The number of hydrogen-bond donors (Lipinski definition) is 0. The predicted octanol–water partition coefficient (Wildman–Crippen LogP) is 5.30. The number of carbonyl (C=O) groups excluding carboxylic acids is 1. The van der Waals surface area contributed by atoms with Crippen molar-refractivity contribution in [2.75, 3.05) is 51.8 Å². The molecule has 1 spiro atoms. The van der Waals surface area contributed by atoms with Gasteiger partial charge in [0.05, 0.1) is 34.0 Å². The van der Waals surface area contributed by atoms with Crippen molar-refractivity contribution >= 4 is 23.3 Å². The molecule has 0 N–H and O–H groups in total. The van der Waals surface area contributed by atoms with Gasteiger partial charge in [0.15, 0.2) is 5.69 Å². The minimum Gasteiger partial charge on any atom is -0.461 e. The fourth-order valence-electron chi connectivity index (χ4n) is 9.72. The quantitative estimate of drug-likeness (QED) is 0.349. The molecule has 2 aromatic heterocycles. The fourth-order valence-corrected chi connectivity index (χ4v) is 9.99. The van der Waals surface area contributed by atoms with Crippen LogP contribution in [0.2, 0.25) is 5.02 Å². The van der Waals surface area contributed by atoms with Crippen molar-refractivity contribution in [3.8, 4) is 6.01 Å². The third-order valence-corrected chi connectivity index (χ3v) is 12.3. The van der Waals surface area contributed by atoms with E-state index in [-0.39, 0.29) is 17.0 Å². The van der Waals surface area contributed by atoms with Crippen LogP contribution < -0.4 is 9.64 Å². The van der Waals surface area contributed by atoms with E-state index in [9.17, 15) is 4.79 Å². The number of hydrogen-bond acceptors (Lipinski definition) is 8. The van der Waals surface area contributed by atoms with Gasteiger partial charge in [-0.3, -0.25) is 19.3 Å². The molecule has 8 rings (SSSR count). The van der Waals surface area contributed by atoms with Crippen molar-refractivity contribution in [2.24, 2.45) is 5.92 Å². The number of anilines is 1. The first-order chi connectivity index (χ1) is 23.2. The molecule has 6 heterocycles. The second-order valence-electron chi connectivity index (χ2n) is 15.2. The van der Waals surface area contributed by atoms with Gasteiger partial charge in [-0.2, -0.15) is 15.1 Å². The second-order valence-corrected chi connectivity index (χ2v) is 15.5. The number of aromatic nitrogens is 4. The van der Waals surface area contributed by atoms with Gasteiger partial charge in [0.1, 0.15) is 12.4 Å². The summed E-state index contributed by atoms with van der Waals surface area (Å²) in [5, 5.41) is 5.11. The summed E-state index contributed by atoms with van der Waals surface area (Å²) >= 11 is 6.93. The molecule has 2 fully saturated rings. The molecule has 5 aliphatic rings. The molecule has 0 bridgehead atoms. The first kappa shape index (κ1) is 32.0. The van der Waals surface area contributed by atoms with E-state index in [0.717, 1.165) is 75.6 Å². The summed E-state index contributed by atoms with van der Waals surface area (Å²) in [5.41, 5.74) is 6.36. The van der Waals surface area contributed by atoms with E-state index in [2.05, 4.69) is 57.9 Å². The van der Waals surface area contributed by atoms with E-state index in [1.165, 1.54) is 47.3 Å². The molecule has 2 saturated heterocycles. The minimum atomic E-state index is -0.180. The number of amides is 1. The van der Waals surface area contributed by atoms with Crippen LogP contribution in [0.15, 0.2) is 24.3 Å². The highest BCUT2D eigenvalue weighted by Gasteiger charge is 2.49. The summed E-state index contributed by atoms with van der Waals surface area (Å²) < 4.78 is 8.65. The maximum atomic E-state index is 12.9. The second kappa shape index (κ2) is 12.3. The molecule has 0 unspecified atom stereocenters. The lowest BCUT2D eigenvalue weighted by Gasteiger charge is -2.50. The molecule has 3 atom stereocenters. The van der Waals surface area contributed by atoms with Gasteiger partial charge in [-0.15, -0.1) is 0 Å². The lowest BCUT2D eigenvalue weighted by Crippen LogP contribution is -2.52. The van der Waals surface area contributed by atoms with Crippen LogP contribution >= 0.6 is 11.6 Å². The van der Waals surface area contributed by atoms with Crippen LogP contribution in [0.25, 0.3) is 0 Å². The Hall–Kier alpha value is -3.21. The smallest absolute Gasteiger partial charge is 0.318 e. The van der Waals surface area contributed by atoms with Gasteiger partial charge in [-0.1, -0.05) is 49.7 Å². The van der Waals surface area contributed by atoms with Gasteiger partial charge in [-0.05, 0) is 75.1 Å². The zero-order chi connectivity index (χ0) is 33.2. The first-order valence-electron chi connectivity index (χ1n) is 18.0. The lowest BCUT2D eigenvalue weighted by atomic mass is 9.70. The summed E-state index contributed by atoms with van der Waals surface area (Å²) in [5.74, 6) is 1.43. The Morgan fingerprint density at radius 2 is 1.94 bits per heavy atom. The third-order valence-electron chi connectivity index (χ3n) is 11.9. The molecule has 11 heteroatoms. The standard InChI is InChI=1S/C37H49ClN8O2/c1-5-44-22-27-29(20-37(44)15-8-12-26-11-6-7-13-28(26)37)39-35(48-24-36-14-9-17-45(36)21-25(2)19-36)40-33(27)43-16-10-18-46-30(23-43)31(38)32(41-46)34(47)42(3)4/h6-7,11,13,25H,5,8-10,12,14-24H2,1-4H3/t25-,36+,37+/m1/s1. The van der Waals surface area contributed by atoms with Crippen LogP contribution in [-0.2, 0) is 38.0 Å². The number of benzene rings is 1. The van der Waals surface area contributed by atoms with Gasteiger partial charge < -0.3 is 14.5 Å². The molecular weight excluding hydrogens is 624 g/mol. The van der Waals surface area contributed by atoms with Crippen LogP contribution in [0, 0.1) is 5.92 Å². The number of rotatable bonds is 6. The number of nitrogens with zero attached hydrogens (tertiary/aromatic N) is 8. The van der Waals surface area contributed by atoms with Crippen molar-refractivity contribution in [1.82, 2.24) is 34.4 Å². The van der Waals surface area contributed by atoms with E-state index >= 15 is 0 Å². The Morgan fingerprint density at radius 3 is 2.77 bits per heavy atom. The van der Waals surface area contributed by atoms with Crippen LogP contribution in [-0.4, -0.2) is 92.8 Å². The van der Waals surface area contributed by atoms with Crippen LogP contribution in [0.4, 0.5) is 5.82 Å². The maximum absolute atomic E-state index is 12.9. The zero-order valence-electron chi connectivity index (χ0n) is 29.0. The Balaban J connectivity index is 1.20. The highest BCUT2D eigenvalue weighted by atomic mass is 35.5. The molecule has 256 valence electrons. The molecule has 1 amide bonds. The number of halogens is 1. The van der Waals surface area contributed by atoms with Crippen molar-refractivity contribution < 1.29 is 9.53 Å². The van der Waals surface area contributed by atoms with Crippen molar-refractivity contribution in [1.29, 1.82) is 0 Å². The lowest BCUT2D eigenvalue weighted by molar-refractivity contribution is 0.0492. The average Bonchev–Trinajstić information content (AvgIpc) is 3.65. The Labute approximate surface area is 289 Å². The van der Waals surface area contributed by atoms with Gasteiger partial charge in [-0.25, -0.2) is 0 Å². The summed E-state index contributed by atoms with van der Waals surface area (Å²) in [6.07, 6.45) is 8.67. The zero-order valence-corrected chi connectivity index (χ0v) is 29.7. The SMILES string of the molecule is CCN1Cc2c(nc(OC[C@@]34CCCN3C[C@H](C)C4)nc2N2CCCn3nc(C(=O)N(C)C)c(Cl)c3C2)C[C@]12CCCc1ccccc12. The van der Waals surface area contributed by atoms with Crippen LogP contribution in [0.3, 0.4) is 0 Å². The Kier molecular flexibility index (Phi) is 8.19. The van der Waals surface area contributed by atoms with E-state index in [4.69, 9.17) is 26.3 Å². The summed E-state index contributed by atoms with van der Waals surface area (Å²) in [6.45, 7) is 11.3. The third kappa shape index (κ3) is 5.21. The molecule has 1 aromatic carbocycles. The van der Waals surface area contributed by atoms with Gasteiger partial charge in [0.2, 0.25) is 0 Å². The topological polar surface area (TPSA) is 82.9 Å². The molecule has 0 saturated carbocycles. The van der Waals surface area contributed by atoms with Crippen molar-refractivity contribution in [3.05, 3.63) is 63.1 Å². The molecule has 0 radical (unpaired) electrons. The Morgan fingerprint density at radius 1 is 1.08 bits per heavy atom. The Bertz CT molecular complexity index is 1730. The summed E-state index contributed by atoms with van der Waals surface area (Å²) in [7, 11) is 3.47. The van der Waals surface area contributed by atoms with Gasteiger partial charge in [0, 0.05) is 52.3 Å². The molecule has 3 aromatic rings. The predicted molar refractivity (Wildman–Crippen MR) is 187 cm³/mol. The largest absolute Gasteiger partial charge is 0.461 e. The molecule has 4 aliphatic heterocycles. The molecule has 48 heavy (non-hydrogen) atoms. The minimum absolute atomic E-state index is 0.0827. The molecular formula is C37H49ClN8O2. The van der Waals surface area contributed by atoms with E-state index in [0.29, 0.717) is 42.3 Å². The van der Waals surface area contributed by atoms with Crippen LogP contribution in [0.1, 0.15) is 90.9 Å². The van der Waals surface area contributed by atoms with Crippen molar-refractivity contribution in [2.45, 2.75) is 95.9 Å². The average molecular weight is 673 g/mol. The van der Waals surface area contributed by atoms with Crippen molar-refractivity contribution in [3.63, 3.8) is 0 Å². The highest BCUT2D eigenvalue weighted by molar-refractivity contribution is 6.34. The summed E-state index contributed by atoms with van der Waals surface area (Å²) in [6, 6.07) is 9.53. The number of fused-ring (bicyclic) bond motifs is 5. The molecule has 10 nitrogen and oxygen atoms in total. The maximum Gasteiger partial charge on any atom is 0.318 e. The highest BCUT2D eigenvalue weighted by Crippen LogP contribution is 2.48. The van der Waals surface area contributed by atoms with E-state index < -0.39 is 0 Å². The fraction of sp³-hybridized carbons (Fsp3) is 0.622. The van der Waals surface area contributed by atoms with Crippen LogP contribution in [0.5, 0.6) is 6.01 Å². The van der Waals surface area contributed by atoms with Gasteiger partial charge >= 0.3 is 6.01 Å². The number of carbonyl (C=O) groups is 1. The summed E-state index contributed by atoms with van der Waals surface area (Å²) in [4.78, 5) is 32.7. The monoisotopic (exact) mass is 672 g/mol. The number of ether oxygens (including phenoxy) is 1. The van der Waals surface area contributed by atoms with Gasteiger partial charge in [0.25, 0.3) is 5.91 Å². The number of aryl methyl sites for hydroxylation is 2. The normalized spacial score (nSPS) is 26.9.